The first-order valence-electron chi connectivity index (χ1n) is 13.0. The molecule has 1 aliphatic carbocycles. The average molecular weight is 661 g/mol. The molecule has 1 aromatic carbocycles. The Kier molecular flexibility index (Phi) is 7.44. The first-order chi connectivity index (χ1) is 20.4. The van der Waals surface area contributed by atoms with Crippen LogP contribution in [-0.4, -0.2) is 67.3 Å². The zero-order chi connectivity index (χ0) is 30.8. The van der Waals surface area contributed by atoms with Crippen molar-refractivity contribution in [3.8, 4) is 5.75 Å². The Bertz CT molecular complexity index is 1780. The van der Waals surface area contributed by atoms with Gasteiger partial charge in [0.2, 0.25) is 11.7 Å². The van der Waals surface area contributed by atoms with E-state index in [0.717, 1.165) is 15.3 Å². The van der Waals surface area contributed by atoms with Gasteiger partial charge in [0.05, 0.1) is 44.4 Å². The van der Waals surface area contributed by atoms with Gasteiger partial charge in [-0.3, -0.25) is 23.5 Å². The number of halogens is 2. The summed E-state index contributed by atoms with van der Waals surface area (Å²) >= 11 is 13.9. The average Bonchev–Trinajstić information content (AvgIpc) is 3.46. The van der Waals surface area contributed by atoms with E-state index >= 15 is 0 Å². The number of hydrogen-bond acceptors (Lipinski definition) is 8. The van der Waals surface area contributed by atoms with Gasteiger partial charge in [0.1, 0.15) is 29.5 Å². The van der Waals surface area contributed by atoms with E-state index in [4.69, 9.17) is 27.9 Å². The summed E-state index contributed by atoms with van der Waals surface area (Å²) in [4.78, 5) is 56.6. The number of fused-ring (bicyclic) bond motifs is 3. The highest BCUT2D eigenvalue weighted by molar-refractivity contribution is 7.86. The number of nitrogens with one attached hydrogen (secondary N) is 1. The van der Waals surface area contributed by atoms with Gasteiger partial charge < -0.3 is 15.2 Å². The summed E-state index contributed by atoms with van der Waals surface area (Å²) in [6, 6.07) is 7.64. The molecule has 3 aliphatic heterocycles. The summed E-state index contributed by atoms with van der Waals surface area (Å²) in [6.45, 7) is 3.54. The number of allylic oxidation sites excluding steroid dienone is 4. The first-order valence-corrected chi connectivity index (χ1v) is 16.1. The molecule has 0 saturated carbocycles. The summed E-state index contributed by atoms with van der Waals surface area (Å²) in [5.74, 6) is -2.67. The highest BCUT2D eigenvalue weighted by Crippen LogP contribution is 2.48. The molecular weight excluding hydrogens is 637 g/mol. The number of carboxylic acids is 1. The third-order valence-electron chi connectivity index (χ3n) is 7.71. The van der Waals surface area contributed by atoms with Crippen molar-refractivity contribution in [1.82, 2.24) is 10.2 Å². The number of nitrogens with zero attached hydrogens (tertiary/aromatic N) is 2. The van der Waals surface area contributed by atoms with Gasteiger partial charge in [-0.15, -0.1) is 11.3 Å². The molecule has 4 aliphatic rings. The number of carboxylic acid groups (broad SMARTS) is 1. The quantitative estimate of drug-likeness (QED) is 0.341. The van der Waals surface area contributed by atoms with Crippen molar-refractivity contribution in [2.45, 2.75) is 37.1 Å². The number of rotatable bonds is 7. The highest BCUT2D eigenvalue weighted by atomic mass is 35.5. The number of hydrogen-bond donors (Lipinski definition) is 2. The molecule has 2 N–H and O–H groups in total. The van der Waals surface area contributed by atoms with E-state index < -0.39 is 51.2 Å². The van der Waals surface area contributed by atoms with E-state index in [9.17, 15) is 28.5 Å². The summed E-state index contributed by atoms with van der Waals surface area (Å²) < 4.78 is 19.2. The van der Waals surface area contributed by atoms with E-state index in [1.54, 1.807) is 24.3 Å². The fourth-order valence-electron chi connectivity index (χ4n) is 5.67. The van der Waals surface area contributed by atoms with Gasteiger partial charge in [-0.05, 0) is 41.3 Å². The van der Waals surface area contributed by atoms with Crippen LogP contribution < -0.4 is 10.1 Å². The number of benzene rings is 1. The van der Waals surface area contributed by atoms with Crippen molar-refractivity contribution < 1.29 is 33.2 Å². The van der Waals surface area contributed by atoms with Crippen LogP contribution in [0.5, 0.6) is 5.75 Å². The van der Waals surface area contributed by atoms with Crippen LogP contribution in [0.15, 0.2) is 73.7 Å². The molecule has 14 heteroatoms. The summed E-state index contributed by atoms with van der Waals surface area (Å²) in [5.41, 5.74) is 1.51. The number of aliphatic carboxylic acids is 1. The molecule has 3 atom stereocenters. The standard InChI is InChI=1S/C29H23Cl2N3O7S2/c1-29(2)16-8-14(5-6-18(16)32-19-10-17(30)25(36)22(31)21(19)29)41-11-13-12-43(40)27-23(26(37)34(27)24(13)28(38)39)33-20(35)9-15-4-3-7-42-15/h3-8,10,23,27H,9,11-12H2,1-2H3,(H,33,35)(H,38,39)/t23-,27+,43+/m1/s1. The number of aliphatic imine (C=N–C) groups is 1. The van der Waals surface area contributed by atoms with E-state index in [-0.39, 0.29) is 40.1 Å². The SMILES string of the molecule is CC1(C)C2=C(Cl)C(=O)C(Cl)=CC2=Nc2ccc(OCC3=C(C(=O)O)N4C(=O)[C@@H](NC(=O)Cc5cccs5)[C@@H]4[S@@](=O)C3)cc21. The number of β-lactam (4-membered cyclic amide) rings is 1. The van der Waals surface area contributed by atoms with Crippen molar-refractivity contribution in [1.29, 1.82) is 0 Å². The lowest BCUT2D eigenvalue weighted by Crippen LogP contribution is -2.73. The minimum atomic E-state index is -1.68. The molecule has 1 fully saturated rings. The molecule has 1 aromatic heterocycles. The van der Waals surface area contributed by atoms with E-state index in [1.807, 2.05) is 25.3 Å². The number of thiophene rings is 1. The number of ketones is 1. The molecule has 1 saturated heterocycles. The second-order valence-electron chi connectivity index (χ2n) is 10.8. The Morgan fingerprint density at radius 3 is 2.72 bits per heavy atom. The van der Waals surface area contributed by atoms with Crippen LogP contribution in [-0.2, 0) is 41.8 Å². The normalized spacial score (nSPS) is 23.9. The van der Waals surface area contributed by atoms with Crippen LogP contribution in [0.4, 0.5) is 5.69 Å². The third-order valence-corrected chi connectivity index (χ3v) is 10.9. The Labute approximate surface area is 262 Å². The predicted octanol–water partition coefficient (Wildman–Crippen LogP) is 3.69. The number of Topliss-reactive ketones (excluding diaryl/α,β-unsaturated/α-hetero) is 1. The smallest absolute Gasteiger partial charge is 0.352 e. The van der Waals surface area contributed by atoms with Crippen molar-refractivity contribution in [3.05, 3.63) is 79.1 Å². The molecular formula is C29H23Cl2N3O7S2. The largest absolute Gasteiger partial charge is 0.489 e. The Balaban J connectivity index is 1.23. The van der Waals surface area contributed by atoms with Crippen molar-refractivity contribution >= 4 is 80.3 Å². The van der Waals surface area contributed by atoms with Gasteiger partial charge in [-0.2, -0.15) is 0 Å². The zero-order valence-electron chi connectivity index (χ0n) is 22.7. The molecule has 6 rings (SSSR count). The first kappa shape index (κ1) is 29.5. The molecule has 43 heavy (non-hydrogen) atoms. The summed E-state index contributed by atoms with van der Waals surface area (Å²) in [7, 11) is -1.68. The van der Waals surface area contributed by atoms with Crippen molar-refractivity contribution in [3.63, 3.8) is 0 Å². The van der Waals surface area contributed by atoms with Crippen LogP contribution in [0.1, 0.15) is 24.3 Å². The minimum Gasteiger partial charge on any atom is -0.489 e. The summed E-state index contributed by atoms with van der Waals surface area (Å²) in [6.07, 6.45) is 1.56. The Morgan fingerprint density at radius 1 is 1.26 bits per heavy atom. The molecule has 0 spiro atoms. The third kappa shape index (κ3) is 4.95. The topological polar surface area (TPSA) is 142 Å². The van der Waals surface area contributed by atoms with Gasteiger partial charge in [0, 0.05) is 21.4 Å². The minimum absolute atomic E-state index is 0.0102. The molecule has 2 amide bonds. The van der Waals surface area contributed by atoms with Crippen molar-refractivity contribution in [2.75, 3.05) is 12.4 Å². The summed E-state index contributed by atoms with van der Waals surface area (Å²) in [5, 5.41) is 13.4. The Morgan fingerprint density at radius 2 is 2.02 bits per heavy atom. The van der Waals surface area contributed by atoms with Gasteiger partial charge in [0.25, 0.3) is 5.91 Å². The highest BCUT2D eigenvalue weighted by Gasteiger charge is 2.57. The van der Waals surface area contributed by atoms with Crippen LogP contribution in [0, 0.1) is 0 Å². The number of carbonyl (C=O) groups is 4. The van der Waals surface area contributed by atoms with Crippen molar-refractivity contribution in [2.24, 2.45) is 4.99 Å². The number of ether oxygens (including phenoxy) is 1. The number of amides is 2. The van der Waals surface area contributed by atoms with Gasteiger partial charge in [0.15, 0.2) is 0 Å². The van der Waals surface area contributed by atoms with Crippen LogP contribution in [0.25, 0.3) is 0 Å². The van der Waals surface area contributed by atoms with Crippen LogP contribution >= 0.6 is 34.5 Å². The lowest BCUT2D eigenvalue weighted by molar-refractivity contribution is -0.150. The number of carbonyl (C=O) groups excluding carboxylic acids is 3. The maximum atomic E-state index is 13.2. The molecule has 0 unspecified atom stereocenters. The molecule has 0 radical (unpaired) electrons. The molecule has 10 nitrogen and oxygen atoms in total. The van der Waals surface area contributed by atoms with Gasteiger partial charge in [-0.25, -0.2) is 9.79 Å². The lowest BCUT2D eigenvalue weighted by Gasteiger charge is -2.49. The maximum absolute atomic E-state index is 13.2. The molecule has 222 valence electrons. The molecule has 4 heterocycles. The Hall–Kier alpha value is -3.58. The van der Waals surface area contributed by atoms with Gasteiger partial charge >= 0.3 is 5.97 Å². The fraction of sp³-hybridized carbons (Fsp3) is 0.276. The van der Waals surface area contributed by atoms with E-state index in [0.29, 0.717) is 22.7 Å². The lowest BCUT2D eigenvalue weighted by atomic mass is 9.71. The second kappa shape index (κ2) is 10.8. The molecule has 2 aromatic rings. The van der Waals surface area contributed by atoms with Crippen LogP contribution in [0.2, 0.25) is 0 Å². The fourth-order valence-corrected chi connectivity index (χ4v) is 8.72. The monoisotopic (exact) mass is 659 g/mol. The predicted molar refractivity (Wildman–Crippen MR) is 162 cm³/mol. The van der Waals surface area contributed by atoms with E-state index in [1.165, 1.54) is 17.4 Å². The molecule has 0 bridgehead atoms. The van der Waals surface area contributed by atoms with Gasteiger partial charge in [-0.1, -0.05) is 43.1 Å². The maximum Gasteiger partial charge on any atom is 0.352 e. The van der Waals surface area contributed by atoms with Crippen LogP contribution in [0.3, 0.4) is 0 Å². The zero-order valence-corrected chi connectivity index (χ0v) is 25.8. The second-order valence-corrected chi connectivity index (χ2v) is 14.1. The van der Waals surface area contributed by atoms with E-state index in [2.05, 4.69) is 10.3 Å².